The zero-order valence-electron chi connectivity index (χ0n) is 6.21. The molecule has 0 aromatic heterocycles. The molecule has 0 amide bonds. The van der Waals surface area contributed by atoms with Crippen LogP contribution in [0.2, 0.25) is 0 Å². The van der Waals surface area contributed by atoms with Crippen LogP contribution in [0.25, 0.3) is 0 Å². The molecular formula is C8H10O3. The Morgan fingerprint density at radius 2 is 2.00 bits per heavy atom. The summed E-state index contributed by atoms with van der Waals surface area (Å²) in [6.45, 7) is 0.427. The van der Waals surface area contributed by atoms with Gasteiger partial charge in [0.15, 0.2) is 5.78 Å². The van der Waals surface area contributed by atoms with Crippen molar-refractivity contribution in [2.75, 3.05) is 6.61 Å². The third kappa shape index (κ3) is 2.98. The second kappa shape index (κ2) is 3.91. The Morgan fingerprint density at radius 1 is 1.18 bits per heavy atom. The van der Waals surface area contributed by atoms with Crippen LogP contribution in [0.3, 0.4) is 0 Å². The van der Waals surface area contributed by atoms with Crippen molar-refractivity contribution < 1.29 is 14.3 Å². The van der Waals surface area contributed by atoms with Crippen LogP contribution in [0, 0.1) is 0 Å². The first-order chi connectivity index (χ1) is 5.29. The Kier molecular flexibility index (Phi) is 2.83. The van der Waals surface area contributed by atoms with Crippen LogP contribution in [0.1, 0.15) is 19.3 Å². The minimum absolute atomic E-state index is 0.00356. The zero-order valence-corrected chi connectivity index (χ0v) is 6.21. The molecule has 1 rings (SSSR count). The number of ketones is 1. The Balaban J connectivity index is 2.53. The van der Waals surface area contributed by atoms with Gasteiger partial charge in [0.05, 0.1) is 6.61 Å². The van der Waals surface area contributed by atoms with Crippen LogP contribution in [0.15, 0.2) is 12.2 Å². The number of carbonyl (C=O) groups is 2. The highest BCUT2D eigenvalue weighted by Gasteiger charge is 2.03. The van der Waals surface area contributed by atoms with Gasteiger partial charge in [0.1, 0.15) is 0 Å². The van der Waals surface area contributed by atoms with Gasteiger partial charge in [-0.3, -0.25) is 4.79 Å². The molecule has 0 fully saturated rings. The molecule has 1 aliphatic rings. The van der Waals surface area contributed by atoms with Crippen LogP contribution in [-0.2, 0) is 14.3 Å². The average Bonchev–Trinajstić information content (AvgIpc) is 2.06. The van der Waals surface area contributed by atoms with Crippen molar-refractivity contribution in [3.63, 3.8) is 0 Å². The van der Waals surface area contributed by atoms with Gasteiger partial charge in [0, 0.05) is 12.5 Å². The molecule has 0 saturated heterocycles. The van der Waals surface area contributed by atoms with Crippen LogP contribution in [-0.4, -0.2) is 18.4 Å². The Morgan fingerprint density at radius 3 is 2.82 bits per heavy atom. The Hall–Kier alpha value is -1.12. The normalized spacial score (nSPS) is 22.9. The van der Waals surface area contributed by atoms with E-state index in [9.17, 15) is 9.59 Å². The third-order valence-electron chi connectivity index (χ3n) is 1.47. The molecule has 0 unspecified atom stereocenters. The number of allylic oxidation sites excluding steroid dienone is 1. The summed E-state index contributed by atoms with van der Waals surface area (Å²) in [4.78, 5) is 21.5. The monoisotopic (exact) mass is 154 g/mol. The Labute approximate surface area is 65.0 Å². The van der Waals surface area contributed by atoms with E-state index in [0.29, 0.717) is 13.0 Å². The lowest BCUT2D eigenvalue weighted by Crippen LogP contribution is -2.00. The molecular weight excluding hydrogens is 144 g/mol. The summed E-state index contributed by atoms with van der Waals surface area (Å²) in [6.07, 6.45) is 4.57. The van der Waals surface area contributed by atoms with E-state index < -0.39 is 5.97 Å². The van der Waals surface area contributed by atoms with Gasteiger partial charge in [-0.15, -0.1) is 0 Å². The molecule has 1 aliphatic heterocycles. The van der Waals surface area contributed by atoms with Crippen LogP contribution >= 0.6 is 0 Å². The van der Waals surface area contributed by atoms with Crippen LogP contribution < -0.4 is 0 Å². The highest BCUT2D eigenvalue weighted by molar-refractivity contribution is 5.95. The molecule has 0 spiro atoms. The average molecular weight is 154 g/mol. The van der Waals surface area contributed by atoms with Crippen molar-refractivity contribution >= 4 is 11.8 Å². The van der Waals surface area contributed by atoms with Crippen LogP contribution in [0.4, 0.5) is 0 Å². The summed E-state index contributed by atoms with van der Waals surface area (Å²) >= 11 is 0. The predicted molar refractivity (Wildman–Crippen MR) is 39.0 cm³/mol. The molecule has 1 heterocycles. The second-order valence-corrected chi connectivity index (χ2v) is 2.42. The fourth-order valence-electron chi connectivity index (χ4n) is 0.866. The number of rotatable bonds is 0. The van der Waals surface area contributed by atoms with Gasteiger partial charge < -0.3 is 4.74 Å². The quantitative estimate of drug-likeness (QED) is 0.485. The van der Waals surface area contributed by atoms with Crippen molar-refractivity contribution in [3.05, 3.63) is 12.2 Å². The van der Waals surface area contributed by atoms with E-state index in [-0.39, 0.29) is 5.78 Å². The van der Waals surface area contributed by atoms with Crippen molar-refractivity contribution in [1.29, 1.82) is 0 Å². The number of hydrogen-bond donors (Lipinski definition) is 0. The zero-order chi connectivity index (χ0) is 8.10. The molecule has 3 heteroatoms. The summed E-state index contributed by atoms with van der Waals surface area (Å²) in [7, 11) is 0. The topological polar surface area (TPSA) is 43.4 Å². The summed E-state index contributed by atoms with van der Waals surface area (Å²) in [5.41, 5.74) is 0. The van der Waals surface area contributed by atoms with Crippen molar-refractivity contribution in [3.8, 4) is 0 Å². The van der Waals surface area contributed by atoms with E-state index >= 15 is 0 Å². The fourth-order valence-corrected chi connectivity index (χ4v) is 0.866. The lowest BCUT2D eigenvalue weighted by molar-refractivity contribution is -0.137. The standard InChI is InChI=1S/C8H10O3/c9-7-3-1-2-6-11-8(10)5-4-7/h4-5H,1-3,6H2/b5-4-. The molecule has 0 atom stereocenters. The van der Waals surface area contributed by atoms with E-state index in [1.54, 1.807) is 0 Å². The first-order valence-corrected chi connectivity index (χ1v) is 3.67. The molecule has 60 valence electrons. The summed E-state index contributed by atoms with van der Waals surface area (Å²) in [5, 5.41) is 0. The maximum absolute atomic E-state index is 10.8. The van der Waals surface area contributed by atoms with Gasteiger partial charge >= 0.3 is 5.97 Å². The molecule has 0 aromatic rings. The van der Waals surface area contributed by atoms with Gasteiger partial charge in [-0.05, 0) is 18.9 Å². The molecule has 0 bridgehead atoms. The van der Waals surface area contributed by atoms with Crippen molar-refractivity contribution in [2.45, 2.75) is 19.3 Å². The van der Waals surface area contributed by atoms with Crippen molar-refractivity contribution in [2.24, 2.45) is 0 Å². The highest BCUT2D eigenvalue weighted by Crippen LogP contribution is 2.01. The van der Waals surface area contributed by atoms with Gasteiger partial charge in [0.2, 0.25) is 0 Å². The summed E-state index contributed by atoms with van der Waals surface area (Å²) < 4.78 is 4.73. The van der Waals surface area contributed by atoms with E-state index in [0.717, 1.165) is 12.8 Å². The maximum Gasteiger partial charge on any atom is 0.330 e. The largest absolute Gasteiger partial charge is 0.463 e. The summed E-state index contributed by atoms with van der Waals surface area (Å²) in [5.74, 6) is -0.413. The Bertz CT molecular complexity index is 174. The molecule has 0 N–H and O–H groups in total. The smallest absolute Gasteiger partial charge is 0.330 e. The van der Waals surface area contributed by atoms with Gasteiger partial charge in [-0.1, -0.05) is 0 Å². The minimum atomic E-state index is -0.416. The second-order valence-electron chi connectivity index (χ2n) is 2.42. The van der Waals surface area contributed by atoms with Gasteiger partial charge in [0.25, 0.3) is 0 Å². The van der Waals surface area contributed by atoms with Gasteiger partial charge in [-0.2, -0.15) is 0 Å². The van der Waals surface area contributed by atoms with Crippen molar-refractivity contribution in [1.82, 2.24) is 0 Å². The lowest BCUT2D eigenvalue weighted by Gasteiger charge is -1.97. The number of cyclic esters (lactones) is 1. The minimum Gasteiger partial charge on any atom is -0.463 e. The molecule has 0 aromatic carbocycles. The number of carbonyl (C=O) groups excluding carboxylic acids is 2. The van der Waals surface area contributed by atoms with E-state index in [1.165, 1.54) is 12.2 Å². The summed E-state index contributed by atoms with van der Waals surface area (Å²) in [6, 6.07) is 0. The SMILES string of the molecule is O=C1/C=C\C(=O)OCCCC1. The first-order valence-electron chi connectivity index (χ1n) is 3.67. The van der Waals surface area contributed by atoms with Crippen LogP contribution in [0.5, 0.6) is 0 Å². The van der Waals surface area contributed by atoms with E-state index in [2.05, 4.69) is 0 Å². The molecule has 0 saturated carbocycles. The molecule has 0 aliphatic carbocycles. The molecule has 0 radical (unpaired) electrons. The molecule has 3 nitrogen and oxygen atoms in total. The number of hydrogen-bond acceptors (Lipinski definition) is 3. The number of esters is 1. The maximum atomic E-state index is 10.8. The van der Waals surface area contributed by atoms with E-state index in [4.69, 9.17) is 4.74 Å². The fraction of sp³-hybridized carbons (Fsp3) is 0.500. The van der Waals surface area contributed by atoms with Gasteiger partial charge in [-0.25, -0.2) is 4.79 Å². The van der Waals surface area contributed by atoms with E-state index in [1.807, 2.05) is 0 Å². The predicted octanol–water partition coefficient (Wildman–Crippen LogP) is 0.839. The highest BCUT2D eigenvalue weighted by atomic mass is 16.5. The third-order valence-corrected chi connectivity index (χ3v) is 1.47. The molecule has 11 heavy (non-hydrogen) atoms. The lowest BCUT2D eigenvalue weighted by atomic mass is 10.2. The number of ether oxygens (including phenoxy) is 1. The first kappa shape index (κ1) is 7.98.